The van der Waals surface area contributed by atoms with E-state index < -0.39 is 18.1 Å². The molecule has 0 amide bonds. The Balaban J connectivity index is 1.33. The van der Waals surface area contributed by atoms with E-state index in [2.05, 4.69) is 16.8 Å². The van der Waals surface area contributed by atoms with Crippen molar-refractivity contribution in [3.63, 3.8) is 0 Å². The Kier molecular flexibility index (Phi) is 9.17. The topological polar surface area (TPSA) is 63.0 Å². The second-order valence-corrected chi connectivity index (χ2v) is 10.2. The third-order valence-electron chi connectivity index (χ3n) is 7.05. The third-order valence-corrected chi connectivity index (χ3v) is 7.05. The van der Waals surface area contributed by atoms with Crippen molar-refractivity contribution < 1.29 is 27.8 Å². The molecule has 0 unspecified atom stereocenters. The summed E-state index contributed by atoms with van der Waals surface area (Å²) in [5.74, 6) is 1.09. The van der Waals surface area contributed by atoms with Crippen molar-refractivity contribution in [2.24, 2.45) is 5.92 Å². The predicted octanol–water partition coefficient (Wildman–Crippen LogP) is 4.67. The fourth-order valence-corrected chi connectivity index (χ4v) is 4.98. The maximum absolute atomic E-state index is 13.6. The number of aliphatic hydroxyl groups is 1. The van der Waals surface area contributed by atoms with E-state index in [4.69, 9.17) is 9.47 Å². The fourth-order valence-electron chi connectivity index (χ4n) is 4.98. The normalized spacial score (nSPS) is 16.3. The highest BCUT2D eigenvalue weighted by Crippen LogP contribution is 2.32. The number of benzene rings is 2. The van der Waals surface area contributed by atoms with Crippen molar-refractivity contribution in [3.05, 3.63) is 53.9 Å². The zero-order valence-corrected chi connectivity index (χ0v) is 22.2. The van der Waals surface area contributed by atoms with Gasteiger partial charge in [0.05, 0.1) is 30.8 Å². The van der Waals surface area contributed by atoms with Crippen molar-refractivity contribution in [2.45, 2.75) is 45.1 Å². The van der Waals surface area contributed by atoms with Crippen LogP contribution in [0.5, 0.6) is 11.5 Å². The van der Waals surface area contributed by atoms with Gasteiger partial charge in [-0.15, -0.1) is 0 Å². The van der Waals surface area contributed by atoms with Gasteiger partial charge < -0.3 is 19.1 Å². The molecule has 0 radical (unpaired) electrons. The first-order valence-corrected chi connectivity index (χ1v) is 13.0. The molecule has 1 aliphatic rings. The summed E-state index contributed by atoms with van der Waals surface area (Å²) in [7, 11) is 3.41. The lowest BCUT2D eigenvalue weighted by Gasteiger charge is -2.30. The summed E-state index contributed by atoms with van der Waals surface area (Å²) in [5.41, 5.74) is 1.54. The van der Waals surface area contributed by atoms with Gasteiger partial charge in [-0.05, 0) is 68.7 Å². The van der Waals surface area contributed by atoms with E-state index in [0.717, 1.165) is 35.7 Å². The first-order chi connectivity index (χ1) is 18.1. The highest BCUT2D eigenvalue weighted by molar-refractivity contribution is 5.76. The number of hydrogen-bond donors (Lipinski definition) is 1. The van der Waals surface area contributed by atoms with Crippen LogP contribution >= 0.6 is 0 Å². The summed E-state index contributed by atoms with van der Waals surface area (Å²) in [6.07, 6.45) is -3.19. The van der Waals surface area contributed by atoms with Crippen LogP contribution in [-0.4, -0.2) is 77.5 Å². The Morgan fingerprint density at radius 2 is 1.87 bits per heavy atom. The number of ether oxygens (including phenoxy) is 2. The van der Waals surface area contributed by atoms with Gasteiger partial charge >= 0.3 is 6.18 Å². The van der Waals surface area contributed by atoms with Crippen molar-refractivity contribution in [3.8, 4) is 11.5 Å². The number of aliphatic hydroxyl groups excluding tert-OH is 1. The van der Waals surface area contributed by atoms with Gasteiger partial charge in [-0.1, -0.05) is 25.1 Å². The van der Waals surface area contributed by atoms with Gasteiger partial charge in [-0.25, -0.2) is 4.98 Å². The number of piperidine rings is 1. The van der Waals surface area contributed by atoms with Crippen molar-refractivity contribution in [2.75, 3.05) is 46.9 Å². The lowest BCUT2D eigenvalue weighted by Crippen LogP contribution is -2.35. The number of halogens is 3. The molecule has 0 aliphatic carbocycles. The number of para-hydroxylation sites is 2. The average Bonchev–Trinajstić information content (AvgIpc) is 3.24. The Morgan fingerprint density at radius 3 is 2.58 bits per heavy atom. The molecule has 3 aromatic rings. The van der Waals surface area contributed by atoms with Gasteiger partial charge in [0.25, 0.3) is 0 Å². The number of likely N-dealkylation sites (N-methyl/N-ethyl adjacent to an activating group) is 1. The molecular weight excluding hydrogens is 497 g/mol. The van der Waals surface area contributed by atoms with Gasteiger partial charge in [-0.2, -0.15) is 13.2 Å². The minimum Gasteiger partial charge on any atom is -0.493 e. The zero-order chi connectivity index (χ0) is 27.3. The van der Waals surface area contributed by atoms with Crippen LogP contribution in [0.15, 0.2) is 42.5 Å². The number of hydrogen-bond acceptors (Lipinski definition) is 6. The van der Waals surface area contributed by atoms with Crippen molar-refractivity contribution >= 4 is 11.0 Å². The minimum absolute atomic E-state index is 0.179. The summed E-state index contributed by atoms with van der Waals surface area (Å²) in [6, 6.07) is 12.1. The first kappa shape index (κ1) is 28.2. The summed E-state index contributed by atoms with van der Waals surface area (Å²) in [6.45, 7) is 6.41. The molecule has 7 nitrogen and oxygen atoms in total. The van der Waals surface area contributed by atoms with Gasteiger partial charge in [0.2, 0.25) is 5.82 Å². The van der Waals surface area contributed by atoms with Crippen LogP contribution in [0, 0.1) is 5.92 Å². The monoisotopic (exact) mass is 534 g/mol. The van der Waals surface area contributed by atoms with Gasteiger partial charge in [0, 0.05) is 19.6 Å². The highest BCUT2D eigenvalue weighted by atomic mass is 19.4. The van der Waals surface area contributed by atoms with Crippen molar-refractivity contribution in [1.82, 2.24) is 19.4 Å². The molecule has 38 heavy (non-hydrogen) atoms. The van der Waals surface area contributed by atoms with Crippen LogP contribution in [0.3, 0.4) is 0 Å². The summed E-state index contributed by atoms with van der Waals surface area (Å²) in [4.78, 5) is 8.03. The lowest BCUT2D eigenvalue weighted by molar-refractivity contribution is -0.147. The maximum Gasteiger partial charge on any atom is 0.449 e. The molecule has 1 N–H and O–H groups in total. The first-order valence-electron chi connectivity index (χ1n) is 13.0. The van der Waals surface area contributed by atoms with Crippen LogP contribution in [0.2, 0.25) is 0 Å². The van der Waals surface area contributed by atoms with Gasteiger partial charge in [0.1, 0.15) is 6.61 Å². The molecular formula is C28H37F3N4O3. The van der Waals surface area contributed by atoms with Gasteiger partial charge in [0.15, 0.2) is 11.5 Å². The molecule has 0 spiro atoms. The standard InChI is InChI=1S/C28H37F3N4O3/c1-20-10-12-34(13-11-20)14-15-38-25-9-8-21(16-26(25)37-3)17-33(2)18-22(36)19-35-24-7-5-4-6-23(24)32-27(35)28(29,30)31/h4-9,16,20,22,36H,10-15,17-19H2,1-3H3/t22-/m0/s1. The number of rotatable bonds is 11. The number of alkyl halides is 3. The van der Waals surface area contributed by atoms with Crippen LogP contribution in [0.25, 0.3) is 11.0 Å². The summed E-state index contributed by atoms with van der Waals surface area (Å²) in [5, 5.41) is 10.7. The number of imidazole rings is 1. The molecule has 2 aromatic carbocycles. The van der Waals surface area contributed by atoms with E-state index in [9.17, 15) is 18.3 Å². The van der Waals surface area contributed by atoms with Crippen LogP contribution in [-0.2, 0) is 19.3 Å². The molecule has 1 aromatic heterocycles. The second kappa shape index (κ2) is 12.4. The number of methoxy groups -OCH3 is 1. The van der Waals surface area contributed by atoms with E-state index >= 15 is 0 Å². The molecule has 10 heteroatoms. The smallest absolute Gasteiger partial charge is 0.449 e. The largest absolute Gasteiger partial charge is 0.493 e. The molecule has 1 atom stereocenters. The highest BCUT2D eigenvalue weighted by Gasteiger charge is 2.38. The molecule has 1 fully saturated rings. The zero-order valence-electron chi connectivity index (χ0n) is 22.2. The lowest BCUT2D eigenvalue weighted by atomic mass is 9.99. The van der Waals surface area contributed by atoms with E-state index in [-0.39, 0.29) is 18.6 Å². The van der Waals surface area contributed by atoms with Crippen LogP contribution < -0.4 is 9.47 Å². The Labute approximate surface area is 221 Å². The Morgan fingerprint density at radius 1 is 1.13 bits per heavy atom. The molecule has 0 bridgehead atoms. The van der Waals surface area contributed by atoms with E-state index in [1.54, 1.807) is 25.3 Å². The maximum atomic E-state index is 13.6. The molecule has 4 rings (SSSR count). The molecule has 0 saturated carbocycles. The summed E-state index contributed by atoms with van der Waals surface area (Å²) >= 11 is 0. The van der Waals surface area contributed by atoms with Crippen LogP contribution in [0.4, 0.5) is 13.2 Å². The fraction of sp³-hybridized carbons (Fsp3) is 0.536. The van der Waals surface area contributed by atoms with Crippen molar-refractivity contribution in [1.29, 1.82) is 0 Å². The minimum atomic E-state index is -4.61. The quantitative estimate of drug-likeness (QED) is 0.386. The molecule has 1 saturated heterocycles. The van der Waals surface area contributed by atoms with Crippen LogP contribution in [0.1, 0.15) is 31.2 Å². The van der Waals surface area contributed by atoms with Gasteiger partial charge in [-0.3, -0.25) is 9.80 Å². The van der Waals surface area contributed by atoms with E-state index in [1.165, 1.54) is 18.9 Å². The number of nitrogens with zero attached hydrogens (tertiary/aromatic N) is 4. The summed E-state index contributed by atoms with van der Waals surface area (Å²) < 4.78 is 53.3. The molecule has 208 valence electrons. The molecule has 1 aliphatic heterocycles. The number of aromatic nitrogens is 2. The second-order valence-electron chi connectivity index (χ2n) is 10.2. The average molecular weight is 535 g/mol. The van der Waals surface area contributed by atoms with E-state index in [1.807, 2.05) is 30.1 Å². The predicted molar refractivity (Wildman–Crippen MR) is 140 cm³/mol. The SMILES string of the molecule is COc1cc(CN(C)C[C@H](O)Cn2c(C(F)(F)F)nc3ccccc32)ccc1OCCN1CCC(C)CC1. The Bertz CT molecular complexity index is 1190. The van der Waals surface area contributed by atoms with E-state index in [0.29, 0.717) is 30.2 Å². The third kappa shape index (κ3) is 7.18. The number of fused-ring (bicyclic) bond motifs is 1. The number of likely N-dealkylation sites (tertiary alicyclic amines) is 1. The Hall–Kier alpha value is -2.82. The molecule has 2 heterocycles.